The lowest BCUT2D eigenvalue weighted by atomic mass is 10.2. The molecule has 0 fully saturated rings. The highest BCUT2D eigenvalue weighted by molar-refractivity contribution is 6.32. The molecule has 2 rings (SSSR count). The second kappa shape index (κ2) is 8.04. The monoisotopic (exact) mass is 341 g/mol. The first kappa shape index (κ1) is 17.4. The van der Waals surface area contributed by atoms with Gasteiger partial charge in [0.05, 0.1) is 12.1 Å². The van der Waals surface area contributed by atoms with Gasteiger partial charge in [0, 0.05) is 17.6 Å². The number of benzene rings is 2. The molecule has 1 amide bonds. The molecule has 2 N–H and O–H groups in total. The Balaban J connectivity index is 2.10. The largest absolute Gasteiger partial charge is 0.495 e. The van der Waals surface area contributed by atoms with Gasteiger partial charge in [-0.05, 0) is 42.8 Å². The van der Waals surface area contributed by atoms with Crippen LogP contribution in [0.25, 0.3) is 0 Å². The zero-order chi connectivity index (χ0) is 17.5. The maximum Gasteiger partial charge on any atom is 0.267 e. The van der Waals surface area contributed by atoms with Crippen molar-refractivity contribution < 1.29 is 9.53 Å². The van der Waals surface area contributed by atoms with E-state index >= 15 is 0 Å². The zero-order valence-corrected chi connectivity index (χ0v) is 14.0. The maximum absolute atomic E-state index is 12.2. The first-order chi connectivity index (χ1) is 11.5. The van der Waals surface area contributed by atoms with Gasteiger partial charge in [-0.25, -0.2) is 0 Å². The molecule has 0 unspecified atom stereocenters. The van der Waals surface area contributed by atoms with E-state index in [0.717, 1.165) is 5.56 Å². The highest BCUT2D eigenvalue weighted by atomic mass is 35.5. The molecule has 0 aliphatic rings. The molecule has 0 atom stereocenters. The van der Waals surface area contributed by atoms with Crippen molar-refractivity contribution in [3.63, 3.8) is 0 Å². The summed E-state index contributed by atoms with van der Waals surface area (Å²) < 4.78 is 5.07. The van der Waals surface area contributed by atoms with Crippen molar-refractivity contribution in [2.75, 3.05) is 17.7 Å². The van der Waals surface area contributed by atoms with Crippen LogP contribution >= 0.6 is 11.6 Å². The number of ether oxygens (including phenoxy) is 1. The molecule has 0 heterocycles. The smallest absolute Gasteiger partial charge is 0.267 e. The van der Waals surface area contributed by atoms with Gasteiger partial charge >= 0.3 is 0 Å². The third-order valence-electron chi connectivity index (χ3n) is 3.18. The standard InChI is InChI=1S/C18H16ClN3O2/c1-12-4-3-5-15(8-12)22-18(23)13(10-20)11-21-14-6-7-17(24-2)16(19)9-14/h3-9,11,21H,1-2H3,(H,22,23)/b13-11-. The van der Waals surface area contributed by atoms with Crippen LogP contribution in [0.15, 0.2) is 54.2 Å². The van der Waals surface area contributed by atoms with Gasteiger partial charge in [0.25, 0.3) is 5.91 Å². The van der Waals surface area contributed by atoms with Crippen LogP contribution in [0.1, 0.15) is 5.56 Å². The normalized spacial score (nSPS) is 10.7. The van der Waals surface area contributed by atoms with E-state index in [9.17, 15) is 10.1 Å². The fraction of sp³-hybridized carbons (Fsp3) is 0.111. The van der Waals surface area contributed by atoms with Gasteiger partial charge in [-0.2, -0.15) is 5.26 Å². The third-order valence-corrected chi connectivity index (χ3v) is 3.47. The van der Waals surface area contributed by atoms with Crippen LogP contribution < -0.4 is 15.4 Å². The SMILES string of the molecule is COc1ccc(N/C=C(/C#N)C(=O)Nc2cccc(C)c2)cc1Cl. The summed E-state index contributed by atoms with van der Waals surface area (Å²) in [7, 11) is 1.53. The predicted octanol–water partition coefficient (Wildman–Crippen LogP) is 4.12. The fourth-order valence-electron chi connectivity index (χ4n) is 1.98. The first-order valence-electron chi connectivity index (χ1n) is 7.12. The molecule has 6 heteroatoms. The number of anilines is 2. The number of hydrogen-bond donors (Lipinski definition) is 2. The molecule has 0 aliphatic carbocycles. The summed E-state index contributed by atoms with van der Waals surface area (Å²) in [4.78, 5) is 12.2. The number of carbonyl (C=O) groups is 1. The molecule has 0 saturated carbocycles. The molecule has 0 saturated heterocycles. The Bertz CT molecular complexity index is 825. The number of amides is 1. The summed E-state index contributed by atoms with van der Waals surface area (Å²) >= 11 is 6.03. The Morgan fingerprint density at radius 2 is 2.04 bits per heavy atom. The van der Waals surface area contributed by atoms with Gasteiger partial charge in [0.15, 0.2) is 0 Å². The Morgan fingerprint density at radius 3 is 2.67 bits per heavy atom. The molecule has 5 nitrogen and oxygen atoms in total. The zero-order valence-electron chi connectivity index (χ0n) is 13.3. The van der Waals surface area contributed by atoms with Gasteiger partial charge in [-0.3, -0.25) is 4.79 Å². The number of hydrogen-bond acceptors (Lipinski definition) is 4. The van der Waals surface area contributed by atoms with E-state index in [2.05, 4.69) is 10.6 Å². The quantitative estimate of drug-likeness (QED) is 0.634. The van der Waals surface area contributed by atoms with Gasteiger partial charge in [-0.15, -0.1) is 0 Å². The minimum atomic E-state index is -0.491. The van der Waals surface area contributed by atoms with Crippen molar-refractivity contribution in [2.45, 2.75) is 6.92 Å². The van der Waals surface area contributed by atoms with Crippen molar-refractivity contribution in [1.82, 2.24) is 0 Å². The minimum Gasteiger partial charge on any atom is -0.495 e. The average molecular weight is 342 g/mol. The summed E-state index contributed by atoms with van der Waals surface area (Å²) in [5.74, 6) is 0.0547. The molecule has 122 valence electrons. The van der Waals surface area contributed by atoms with E-state index in [1.165, 1.54) is 13.3 Å². The number of carbonyl (C=O) groups excluding carboxylic acids is 1. The predicted molar refractivity (Wildman–Crippen MR) is 95.1 cm³/mol. The highest BCUT2D eigenvalue weighted by Crippen LogP contribution is 2.27. The molecule has 0 aromatic heterocycles. The van der Waals surface area contributed by atoms with E-state index < -0.39 is 5.91 Å². The van der Waals surface area contributed by atoms with Crippen LogP contribution in [-0.2, 0) is 4.79 Å². The topological polar surface area (TPSA) is 74.1 Å². The second-order valence-corrected chi connectivity index (χ2v) is 5.39. The van der Waals surface area contributed by atoms with Crippen LogP contribution in [0.4, 0.5) is 11.4 Å². The van der Waals surface area contributed by atoms with Crippen molar-refractivity contribution in [1.29, 1.82) is 5.26 Å². The number of methoxy groups -OCH3 is 1. The van der Waals surface area contributed by atoms with Crippen LogP contribution in [0.3, 0.4) is 0 Å². The van der Waals surface area contributed by atoms with Gasteiger partial charge < -0.3 is 15.4 Å². The van der Waals surface area contributed by atoms with Crippen molar-refractivity contribution in [3.8, 4) is 11.8 Å². The molecular weight excluding hydrogens is 326 g/mol. The van der Waals surface area contributed by atoms with E-state index in [0.29, 0.717) is 22.1 Å². The Hall–Kier alpha value is -2.97. The minimum absolute atomic E-state index is 0.0524. The van der Waals surface area contributed by atoms with Gasteiger partial charge in [0.2, 0.25) is 0 Å². The molecule has 0 aliphatic heterocycles. The second-order valence-electron chi connectivity index (χ2n) is 4.99. The summed E-state index contributed by atoms with van der Waals surface area (Å²) in [5.41, 5.74) is 2.23. The molecule has 0 bridgehead atoms. The Morgan fingerprint density at radius 1 is 1.25 bits per heavy atom. The Kier molecular flexibility index (Phi) is 5.83. The number of nitriles is 1. The van der Waals surface area contributed by atoms with E-state index in [4.69, 9.17) is 16.3 Å². The number of nitrogens with zero attached hydrogens (tertiary/aromatic N) is 1. The number of halogens is 1. The van der Waals surface area contributed by atoms with E-state index in [1.807, 2.05) is 31.2 Å². The third kappa shape index (κ3) is 4.51. The van der Waals surface area contributed by atoms with Crippen molar-refractivity contribution in [2.24, 2.45) is 0 Å². The van der Waals surface area contributed by atoms with Gasteiger partial charge in [0.1, 0.15) is 17.4 Å². The van der Waals surface area contributed by atoms with Crippen LogP contribution in [0, 0.1) is 18.3 Å². The van der Waals surface area contributed by atoms with E-state index in [-0.39, 0.29) is 5.57 Å². The molecule has 0 radical (unpaired) electrons. The van der Waals surface area contributed by atoms with Crippen LogP contribution in [0.2, 0.25) is 5.02 Å². The number of nitrogens with one attached hydrogen (secondary N) is 2. The molecular formula is C18H16ClN3O2. The Labute approximate surface area is 145 Å². The summed E-state index contributed by atoms with van der Waals surface area (Å²) in [6, 6.07) is 14.3. The summed E-state index contributed by atoms with van der Waals surface area (Å²) in [5, 5.41) is 15.2. The average Bonchev–Trinajstić information content (AvgIpc) is 2.55. The molecule has 0 spiro atoms. The first-order valence-corrected chi connectivity index (χ1v) is 7.49. The lowest BCUT2D eigenvalue weighted by molar-refractivity contribution is -0.112. The lowest BCUT2D eigenvalue weighted by Gasteiger charge is -2.07. The maximum atomic E-state index is 12.2. The lowest BCUT2D eigenvalue weighted by Crippen LogP contribution is -2.14. The van der Waals surface area contributed by atoms with Gasteiger partial charge in [-0.1, -0.05) is 23.7 Å². The summed E-state index contributed by atoms with van der Waals surface area (Å²) in [6.45, 7) is 1.92. The van der Waals surface area contributed by atoms with Crippen LogP contribution in [-0.4, -0.2) is 13.0 Å². The number of aryl methyl sites for hydroxylation is 1. The van der Waals surface area contributed by atoms with E-state index in [1.54, 1.807) is 24.3 Å². The summed E-state index contributed by atoms with van der Waals surface area (Å²) in [6.07, 6.45) is 1.34. The van der Waals surface area contributed by atoms with Crippen LogP contribution in [0.5, 0.6) is 5.75 Å². The fourth-order valence-corrected chi connectivity index (χ4v) is 2.24. The molecule has 24 heavy (non-hydrogen) atoms. The van der Waals surface area contributed by atoms with Crippen molar-refractivity contribution in [3.05, 3.63) is 64.8 Å². The molecule has 2 aromatic rings. The number of rotatable bonds is 5. The van der Waals surface area contributed by atoms with Crippen molar-refractivity contribution >= 4 is 28.9 Å². The highest BCUT2D eigenvalue weighted by Gasteiger charge is 2.09. The molecule has 2 aromatic carbocycles.